The summed E-state index contributed by atoms with van der Waals surface area (Å²) in [6, 6.07) is 18.9. The number of urea groups is 1. The van der Waals surface area contributed by atoms with E-state index in [-0.39, 0.29) is 12.1 Å². The largest absolute Gasteiger partial charge is 0.335 e. The van der Waals surface area contributed by atoms with Gasteiger partial charge in [-0.25, -0.2) is 4.79 Å². The number of hydrogen-bond acceptors (Lipinski definition) is 3. The van der Waals surface area contributed by atoms with E-state index in [0.29, 0.717) is 6.54 Å². The minimum Gasteiger partial charge on any atom is -0.335 e. The lowest BCUT2D eigenvalue weighted by Gasteiger charge is -2.24. The highest BCUT2D eigenvalue weighted by molar-refractivity contribution is 7.15. The van der Waals surface area contributed by atoms with E-state index in [1.807, 2.05) is 23.2 Å². The van der Waals surface area contributed by atoms with Gasteiger partial charge in [0.05, 0.1) is 11.7 Å². The lowest BCUT2D eigenvalue weighted by atomic mass is 10.0. The van der Waals surface area contributed by atoms with Gasteiger partial charge in [0.1, 0.15) is 0 Å². The molecule has 1 aromatic heterocycles. The molecule has 0 spiro atoms. The summed E-state index contributed by atoms with van der Waals surface area (Å²) in [6.45, 7) is 2.73. The van der Waals surface area contributed by atoms with Crippen LogP contribution in [0.3, 0.4) is 0 Å². The summed E-state index contributed by atoms with van der Waals surface area (Å²) in [4.78, 5) is 21.4. The highest BCUT2D eigenvalue weighted by Gasteiger charge is 2.33. The molecule has 0 saturated carbocycles. The Balaban J connectivity index is 1.46. The summed E-state index contributed by atoms with van der Waals surface area (Å²) < 4.78 is 0. The Bertz CT molecular complexity index is 1050. The average Bonchev–Trinajstić information content (AvgIpc) is 3.41. The lowest BCUT2D eigenvalue weighted by Crippen LogP contribution is -2.29. The molecule has 0 bridgehead atoms. The second-order valence-electron chi connectivity index (χ2n) is 6.93. The van der Waals surface area contributed by atoms with Crippen molar-refractivity contribution in [3.05, 3.63) is 70.6 Å². The van der Waals surface area contributed by atoms with Crippen molar-refractivity contribution in [2.45, 2.75) is 19.4 Å². The molecule has 4 nitrogen and oxygen atoms in total. The number of thiophene rings is 1. The molecule has 27 heavy (non-hydrogen) atoms. The van der Waals surface area contributed by atoms with E-state index in [1.54, 1.807) is 11.3 Å². The van der Waals surface area contributed by atoms with E-state index in [2.05, 4.69) is 59.7 Å². The number of hydrogen-bond donors (Lipinski definition) is 1. The average molecular weight is 373 g/mol. The number of nitrogens with one attached hydrogen (secondary N) is 1. The maximum Gasteiger partial charge on any atom is 0.322 e. The first-order valence-electron chi connectivity index (χ1n) is 9.08. The molecule has 2 aromatic carbocycles. The summed E-state index contributed by atoms with van der Waals surface area (Å²) in [7, 11) is 0. The third kappa shape index (κ3) is 2.84. The van der Waals surface area contributed by atoms with Gasteiger partial charge in [-0.3, -0.25) is 9.89 Å². The Morgan fingerprint density at radius 3 is 2.74 bits per heavy atom. The molecule has 3 heterocycles. The van der Waals surface area contributed by atoms with Crippen LogP contribution < -0.4 is 10.2 Å². The van der Waals surface area contributed by atoms with Gasteiger partial charge in [0.2, 0.25) is 0 Å². The molecule has 2 aliphatic heterocycles. The molecule has 3 aromatic rings. The van der Waals surface area contributed by atoms with E-state index in [0.717, 1.165) is 23.4 Å². The van der Waals surface area contributed by atoms with Gasteiger partial charge in [-0.1, -0.05) is 30.3 Å². The van der Waals surface area contributed by atoms with Crippen LogP contribution in [-0.2, 0) is 6.42 Å². The quantitative estimate of drug-likeness (QED) is 0.669. The van der Waals surface area contributed by atoms with Crippen molar-refractivity contribution >= 4 is 35.0 Å². The summed E-state index contributed by atoms with van der Waals surface area (Å²) >= 11 is 1.80. The van der Waals surface area contributed by atoms with Crippen molar-refractivity contribution in [3.8, 4) is 10.4 Å². The minimum absolute atomic E-state index is 0.0138. The number of anilines is 1. The van der Waals surface area contributed by atoms with Crippen LogP contribution >= 0.6 is 11.3 Å². The van der Waals surface area contributed by atoms with Crippen molar-refractivity contribution in [1.29, 1.82) is 0 Å². The molecule has 1 fully saturated rings. The zero-order chi connectivity index (χ0) is 18.4. The van der Waals surface area contributed by atoms with Crippen LogP contribution in [0.1, 0.15) is 22.0 Å². The first-order valence-corrected chi connectivity index (χ1v) is 9.90. The van der Waals surface area contributed by atoms with Crippen LogP contribution in [0.15, 0.2) is 59.6 Å². The number of fused-ring (bicyclic) bond motifs is 1. The van der Waals surface area contributed by atoms with E-state index in [4.69, 9.17) is 0 Å². The van der Waals surface area contributed by atoms with Gasteiger partial charge in [0.25, 0.3) is 0 Å². The number of carbonyl (C=O) groups excluding carboxylic acids is 1. The van der Waals surface area contributed by atoms with Crippen molar-refractivity contribution in [2.75, 3.05) is 11.4 Å². The van der Waals surface area contributed by atoms with Gasteiger partial charge in [0.15, 0.2) is 0 Å². The molecule has 5 rings (SSSR count). The highest BCUT2D eigenvalue weighted by atomic mass is 32.1. The molecule has 2 aliphatic rings. The number of amides is 2. The second-order valence-corrected chi connectivity index (χ2v) is 8.22. The predicted molar refractivity (Wildman–Crippen MR) is 111 cm³/mol. The first kappa shape index (κ1) is 16.3. The van der Waals surface area contributed by atoms with Crippen molar-refractivity contribution in [1.82, 2.24) is 5.32 Å². The smallest absolute Gasteiger partial charge is 0.322 e. The van der Waals surface area contributed by atoms with E-state index >= 15 is 0 Å². The molecule has 1 N–H and O–H groups in total. The second kappa shape index (κ2) is 6.35. The van der Waals surface area contributed by atoms with Gasteiger partial charge in [-0.15, -0.1) is 11.3 Å². The van der Waals surface area contributed by atoms with Crippen LogP contribution in [-0.4, -0.2) is 18.8 Å². The molecule has 0 radical (unpaired) electrons. The summed E-state index contributed by atoms with van der Waals surface area (Å²) in [5.74, 6) is 0. The van der Waals surface area contributed by atoms with Crippen LogP contribution in [0.25, 0.3) is 10.4 Å². The monoisotopic (exact) mass is 373 g/mol. The van der Waals surface area contributed by atoms with Crippen molar-refractivity contribution < 1.29 is 4.79 Å². The van der Waals surface area contributed by atoms with Crippen molar-refractivity contribution in [2.24, 2.45) is 4.99 Å². The molecule has 5 heteroatoms. The Morgan fingerprint density at radius 2 is 1.96 bits per heavy atom. The molecule has 2 amide bonds. The Hall–Kier alpha value is -2.92. The minimum atomic E-state index is -0.0557. The summed E-state index contributed by atoms with van der Waals surface area (Å²) in [6.07, 6.45) is 2.79. The number of aliphatic imine (C=N–C) groups is 1. The van der Waals surface area contributed by atoms with E-state index in [1.165, 1.54) is 20.9 Å². The van der Waals surface area contributed by atoms with Crippen LogP contribution in [0.5, 0.6) is 0 Å². The SMILES string of the molecule is Cc1ccc(-c2ccc(C3CNC(=O)N3c3ccc4c(c3)N=CC4)cc2)s1. The maximum absolute atomic E-state index is 12.5. The molecular formula is C22H19N3OS. The predicted octanol–water partition coefficient (Wildman–Crippen LogP) is 5.25. The Labute approximate surface area is 162 Å². The van der Waals surface area contributed by atoms with Crippen LogP contribution in [0, 0.1) is 6.92 Å². The van der Waals surface area contributed by atoms with Gasteiger partial charge < -0.3 is 5.32 Å². The standard InChI is InChI=1S/C22H19N3OS/c1-14-2-9-21(27-14)17-5-3-16(4-6-17)20-13-24-22(26)25(20)18-8-7-15-10-11-23-19(15)12-18/h2-9,11-12,20H,10,13H2,1H3,(H,24,26). The number of nitrogens with zero attached hydrogens (tertiary/aromatic N) is 2. The summed E-state index contributed by atoms with van der Waals surface area (Å²) in [5, 5.41) is 2.98. The highest BCUT2D eigenvalue weighted by Crippen LogP contribution is 2.36. The zero-order valence-corrected chi connectivity index (χ0v) is 15.8. The molecule has 0 aliphatic carbocycles. The molecule has 1 saturated heterocycles. The van der Waals surface area contributed by atoms with E-state index in [9.17, 15) is 4.79 Å². The molecule has 1 atom stereocenters. The van der Waals surface area contributed by atoms with Gasteiger partial charge in [-0.2, -0.15) is 0 Å². The Kier molecular flexibility index (Phi) is 3.83. The Morgan fingerprint density at radius 1 is 1.11 bits per heavy atom. The number of benzene rings is 2. The first-order chi connectivity index (χ1) is 13.2. The van der Waals surface area contributed by atoms with Gasteiger partial charge in [0, 0.05) is 34.6 Å². The van der Waals surface area contributed by atoms with Crippen LogP contribution in [0.4, 0.5) is 16.2 Å². The lowest BCUT2D eigenvalue weighted by molar-refractivity contribution is 0.251. The summed E-state index contributed by atoms with van der Waals surface area (Å²) in [5.41, 5.74) is 5.42. The third-order valence-electron chi connectivity index (χ3n) is 5.19. The fourth-order valence-corrected chi connectivity index (χ4v) is 4.64. The zero-order valence-electron chi connectivity index (χ0n) is 15.0. The normalized spacial score (nSPS) is 18.0. The van der Waals surface area contributed by atoms with Crippen LogP contribution in [0.2, 0.25) is 0 Å². The maximum atomic E-state index is 12.5. The van der Waals surface area contributed by atoms with Crippen molar-refractivity contribution in [3.63, 3.8) is 0 Å². The number of rotatable bonds is 3. The fraction of sp³-hybridized carbons (Fsp3) is 0.182. The molecule has 1 unspecified atom stereocenters. The molecular weight excluding hydrogens is 354 g/mol. The number of aryl methyl sites for hydroxylation is 1. The third-order valence-corrected chi connectivity index (χ3v) is 6.24. The molecule has 134 valence electrons. The topological polar surface area (TPSA) is 44.7 Å². The van der Waals surface area contributed by atoms with E-state index < -0.39 is 0 Å². The number of carbonyl (C=O) groups is 1. The van der Waals surface area contributed by atoms with Gasteiger partial charge in [-0.05, 0) is 47.9 Å². The van der Waals surface area contributed by atoms with Gasteiger partial charge >= 0.3 is 6.03 Å². The fourth-order valence-electron chi connectivity index (χ4n) is 3.76.